The Morgan fingerprint density at radius 3 is 2.69 bits per heavy atom. The molecule has 0 N–H and O–H groups in total. The van der Waals surface area contributed by atoms with Crippen molar-refractivity contribution in [2.24, 2.45) is 5.92 Å². The molecule has 16 heavy (non-hydrogen) atoms. The Kier molecular flexibility index (Phi) is 4.53. The highest BCUT2D eigenvalue weighted by molar-refractivity contribution is 7.99. The zero-order valence-corrected chi connectivity index (χ0v) is 11.0. The summed E-state index contributed by atoms with van der Waals surface area (Å²) in [6.07, 6.45) is 3.34. The average molecular weight is 242 g/mol. The number of carbonyl (C=O) groups excluding carboxylic acids is 1. The molecule has 92 valence electrons. The van der Waals surface area contributed by atoms with Gasteiger partial charge in [-0.3, -0.25) is 4.79 Å². The summed E-state index contributed by atoms with van der Waals surface area (Å²) in [4.78, 5) is 16.4. The van der Waals surface area contributed by atoms with Gasteiger partial charge < -0.3 is 9.80 Å². The molecule has 1 unspecified atom stereocenters. The number of hydrogen-bond acceptors (Lipinski definition) is 3. The molecule has 3 nitrogen and oxygen atoms in total. The van der Waals surface area contributed by atoms with Gasteiger partial charge in [0.25, 0.3) is 0 Å². The van der Waals surface area contributed by atoms with Crippen molar-refractivity contribution in [1.29, 1.82) is 0 Å². The molecule has 1 amide bonds. The van der Waals surface area contributed by atoms with Gasteiger partial charge in [-0.25, -0.2) is 0 Å². The molecular formula is C12H22N2OS. The van der Waals surface area contributed by atoms with Crippen LogP contribution in [0.15, 0.2) is 0 Å². The van der Waals surface area contributed by atoms with Crippen molar-refractivity contribution < 1.29 is 4.79 Å². The Morgan fingerprint density at radius 1 is 1.31 bits per heavy atom. The standard InChI is InChI=1S/C12H22N2OS/c1-13-4-6-14(7-5-13)12(15)9-11-3-2-8-16-10-11/h11H,2-10H2,1H3. The van der Waals surface area contributed by atoms with Gasteiger partial charge >= 0.3 is 0 Å². The molecule has 0 radical (unpaired) electrons. The second-order valence-corrected chi connectivity index (χ2v) is 6.12. The van der Waals surface area contributed by atoms with Crippen LogP contribution in [-0.4, -0.2) is 60.4 Å². The number of thioether (sulfide) groups is 1. The molecule has 0 aromatic rings. The lowest BCUT2D eigenvalue weighted by Crippen LogP contribution is -2.47. The normalized spacial score (nSPS) is 28.1. The topological polar surface area (TPSA) is 23.6 Å². The minimum Gasteiger partial charge on any atom is -0.340 e. The number of carbonyl (C=O) groups is 1. The van der Waals surface area contributed by atoms with Gasteiger partial charge in [-0.1, -0.05) is 0 Å². The van der Waals surface area contributed by atoms with Crippen molar-refractivity contribution in [3.05, 3.63) is 0 Å². The molecule has 0 aromatic heterocycles. The third kappa shape index (κ3) is 3.39. The maximum atomic E-state index is 12.1. The van der Waals surface area contributed by atoms with E-state index in [1.165, 1.54) is 24.3 Å². The second kappa shape index (κ2) is 5.92. The van der Waals surface area contributed by atoms with E-state index in [1.807, 2.05) is 11.8 Å². The highest BCUT2D eigenvalue weighted by Gasteiger charge is 2.23. The summed E-state index contributed by atoms with van der Waals surface area (Å²) in [6.45, 7) is 3.92. The van der Waals surface area contributed by atoms with E-state index < -0.39 is 0 Å². The van der Waals surface area contributed by atoms with Crippen molar-refractivity contribution in [2.45, 2.75) is 19.3 Å². The maximum absolute atomic E-state index is 12.1. The largest absolute Gasteiger partial charge is 0.340 e. The number of nitrogens with zero attached hydrogens (tertiary/aromatic N) is 2. The molecule has 2 aliphatic rings. The van der Waals surface area contributed by atoms with E-state index in [0.29, 0.717) is 11.8 Å². The summed E-state index contributed by atoms with van der Waals surface area (Å²) >= 11 is 2.01. The van der Waals surface area contributed by atoms with Crippen molar-refractivity contribution in [3.63, 3.8) is 0 Å². The SMILES string of the molecule is CN1CCN(C(=O)CC2CCCSC2)CC1. The number of amides is 1. The van der Waals surface area contributed by atoms with Gasteiger partial charge in [-0.05, 0) is 37.3 Å². The van der Waals surface area contributed by atoms with Gasteiger partial charge in [0.2, 0.25) is 5.91 Å². The van der Waals surface area contributed by atoms with Crippen LogP contribution in [0.1, 0.15) is 19.3 Å². The molecule has 2 fully saturated rings. The van der Waals surface area contributed by atoms with Crippen LogP contribution in [-0.2, 0) is 4.79 Å². The molecule has 0 aliphatic carbocycles. The van der Waals surface area contributed by atoms with Crippen LogP contribution in [0.25, 0.3) is 0 Å². The van der Waals surface area contributed by atoms with Crippen LogP contribution in [0.3, 0.4) is 0 Å². The summed E-state index contributed by atoms with van der Waals surface area (Å²) in [5, 5.41) is 0. The first kappa shape index (κ1) is 12.2. The summed E-state index contributed by atoms with van der Waals surface area (Å²) in [6, 6.07) is 0. The molecule has 0 aromatic carbocycles. The monoisotopic (exact) mass is 242 g/mol. The zero-order valence-electron chi connectivity index (χ0n) is 10.2. The van der Waals surface area contributed by atoms with Crippen LogP contribution >= 0.6 is 11.8 Å². The van der Waals surface area contributed by atoms with Crippen molar-refractivity contribution >= 4 is 17.7 Å². The smallest absolute Gasteiger partial charge is 0.222 e. The first-order valence-electron chi connectivity index (χ1n) is 6.30. The zero-order chi connectivity index (χ0) is 11.4. The summed E-state index contributed by atoms with van der Waals surface area (Å²) in [5.41, 5.74) is 0. The lowest BCUT2D eigenvalue weighted by Gasteiger charge is -2.33. The van der Waals surface area contributed by atoms with E-state index in [2.05, 4.69) is 16.8 Å². The van der Waals surface area contributed by atoms with Crippen molar-refractivity contribution in [2.75, 3.05) is 44.7 Å². The number of likely N-dealkylation sites (N-methyl/N-ethyl adjacent to an activating group) is 1. The van der Waals surface area contributed by atoms with Gasteiger partial charge in [-0.2, -0.15) is 11.8 Å². The van der Waals surface area contributed by atoms with Gasteiger partial charge in [0, 0.05) is 32.6 Å². The molecule has 4 heteroatoms. The average Bonchev–Trinajstić information content (AvgIpc) is 2.31. The lowest BCUT2D eigenvalue weighted by molar-refractivity contribution is -0.133. The number of rotatable bonds is 2. The fraction of sp³-hybridized carbons (Fsp3) is 0.917. The van der Waals surface area contributed by atoms with Gasteiger partial charge in [0.05, 0.1) is 0 Å². The van der Waals surface area contributed by atoms with E-state index in [9.17, 15) is 4.79 Å². The van der Waals surface area contributed by atoms with E-state index in [0.717, 1.165) is 32.6 Å². The van der Waals surface area contributed by atoms with Crippen LogP contribution in [0.2, 0.25) is 0 Å². The fourth-order valence-electron chi connectivity index (χ4n) is 2.40. The Bertz CT molecular complexity index is 233. The van der Waals surface area contributed by atoms with Gasteiger partial charge in [0.15, 0.2) is 0 Å². The molecule has 0 saturated carbocycles. The third-order valence-electron chi connectivity index (χ3n) is 3.57. The Balaban J connectivity index is 1.74. The van der Waals surface area contributed by atoms with E-state index in [4.69, 9.17) is 0 Å². The highest BCUT2D eigenvalue weighted by atomic mass is 32.2. The molecule has 0 spiro atoms. The minimum absolute atomic E-state index is 0.389. The third-order valence-corrected chi connectivity index (χ3v) is 4.86. The fourth-order valence-corrected chi connectivity index (χ4v) is 3.56. The molecule has 2 saturated heterocycles. The summed E-state index contributed by atoms with van der Waals surface area (Å²) in [5.74, 6) is 3.52. The maximum Gasteiger partial charge on any atom is 0.222 e. The van der Waals surface area contributed by atoms with Crippen LogP contribution in [0.5, 0.6) is 0 Å². The van der Waals surface area contributed by atoms with Crippen LogP contribution < -0.4 is 0 Å². The number of hydrogen-bond donors (Lipinski definition) is 0. The first-order valence-corrected chi connectivity index (χ1v) is 7.45. The molecule has 2 rings (SSSR count). The Labute approximate surface area is 103 Å². The van der Waals surface area contributed by atoms with Gasteiger partial charge in [-0.15, -0.1) is 0 Å². The molecule has 1 atom stereocenters. The second-order valence-electron chi connectivity index (χ2n) is 4.97. The van der Waals surface area contributed by atoms with Crippen LogP contribution in [0.4, 0.5) is 0 Å². The quantitative estimate of drug-likeness (QED) is 0.729. The predicted molar refractivity (Wildman–Crippen MR) is 68.7 cm³/mol. The molecule has 2 aliphatic heterocycles. The van der Waals surface area contributed by atoms with Crippen molar-refractivity contribution in [1.82, 2.24) is 9.80 Å². The molecular weight excluding hydrogens is 220 g/mol. The minimum atomic E-state index is 0.389. The van der Waals surface area contributed by atoms with Gasteiger partial charge in [0.1, 0.15) is 0 Å². The van der Waals surface area contributed by atoms with E-state index in [-0.39, 0.29) is 0 Å². The Morgan fingerprint density at radius 2 is 2.06 bits per heavy atom. The van der Waals surface area contributed by atoms with Crippen LogP contribution in [0, 0.1) is 5.92 Å². The summed E-state index contributed by atoms with van der Waals surface area (Å²) in [7, 11) is 2.12. The predicted octanol–water partition coefficient (Wildman–Crippen LogP) is 1.29. The van der Waals surface area contributed by atoms with E-state index in [1.54, 1.807) is 0 Å². The van der Waals surface area contributed by atoms with E-state index >= 15 is 0 Å². The molecule has 0 bridgehead atoms. The molecule has 2 heterocycles. The summed E-state index contributed by atoms with van der Waals surface area (Å²) < 4.78 is 0. The lowest BCUT2D eigenvalue weighted by atomic mass is 10.0. The first-order chi connectivity index (χ1) is 7.75. The number of piperazine rings is 1. The Hall–Kier alpha value is -0.220. The van der Waals surface area contributed by atoms with Crippen molar-refractivity contribution in [3.8, 4) is 0 Å². The highest BCUT2D eigenvalue weighted by Crippen LogP contribution is 2.25.